The Kier molecular flexibility index (Phi) is 8.51. The first-order valence-corrected chi connectivity index (χ1v) is 7.60. The molecule has 1 unspecified atom stereocenters. The van der Waals surface area contributed by atoms with Crippen molar-refractivity contribution in [3.05, 3.63) is 35.4 Å². The minimum atomic E-state index is -0.229. The maximum absolute atomic E-state index is 10.0. The number of aliphatic hydroxyl groups is 1. The molecular weight excluding hydrogens is 250 g/mol. The number of hydrogen-bond donors (Lipinski definition) is 1. The number of rotatable bonds is 10. The van der Waals surface area contributed by atoms with Crippen LogP contribution in [0.15, 0.2) is 24.3 Å². The van der Waals surface area contributed by atoms with E-state index in [9.17, 15) is 5.11 Å². The molecule has 0 spiro atoms. The van der Waals surface area contributed by atoms with Gasteiger partial charge in [-0.1, -0.05) is 43.2 Å². The van der Waals surface area contributed by atoms with Crippen molar-refractivity contribution in [1.82, 2.24) is 4.90 Å². The molecule has 1 aromatic rings. The van der Waals surface area contributed by atoms with Crippen LogP contribution < -0.4 is 0 Å². The van der Waals surface area contributed by atoms with Crippen LogP contribution in [0.4, 0.5) is 0 Å². The van der Waals surface area contributed by atoms with Crippen molar-refractivity contribution in [2.24, 2.45) is 0 Å². The van der Waals surface area contributed by atoms with E-state index < -0.39 is 0 Å². The molecule has 1 atom stereocenters. The lowest BCUT2D eigenvalue weighted by atomic mass is 10.1. The van der Waals surface area contributed by atoms with Crippen LogP contribution in [0.1, 0.15) is 37.3 Å². The molecule has 114 valence electrons. The second-order valence-electron chi connectivity index (χ2n) is 5.51. The number of hydrogen-bond acceptors (Lipinski definition) is 3. The summed E-state index contributed by atoms with van der Waals surface area (Å²) < 4.78 is 5.12. The summed E-state index contributed by atoms with van der Waals surface area (Å²) >= 11 is 0. The zero-order chi connectivity index (χ0) is 14.8. The van der Waals surface area contributed by atoms with E-state index >= 15 is 0 Å². The van der Waals surface area contributed by atoms with Crippen LogP contribution in [0.5, 0.6) is 0 Å². The highest BCUT2D eigenvalue weighted by Crippen LogP contribution is 2.10. The summed E-state index contributed by atoms with van der Waals surface area (Å²) in [7, 11) is 1.73. The van der Waals surface area contributed by atoms with Crippen LogP contribution >= 0.6 is 0 Å². The first-order chi connectivity index (χ1) is 9.65. The molecule has 0 saturated heterocycles. The Balaban J connectivity index is 2.56. The predicted octanol–water partition coefficient (Wildman–Crippen LogP) is 2.99. The molecule has 1 aromatic carbocycles. The quantitative estimate of drug-likeness (QED) is 0.668. The molecule has 0 saturated carbocycles. The van der Waals surface area contributed by atoms with Crippen molar-refractivity contribution in [1.29, 1.82) is 0 Å². The van der Waals surface area contributed by atoms with E-state index in [4.69, 9.17) is 4.74 Å². The maximum atomic E-state index is 10.0. The fourth-order valence-corrected chi connectivity index (χ4v) is 2.46. The first kappa shape index (κ1) is 17.2. The van der Waals surface area contributed by atoms with Gasteiger partial charge in [0.05, 0.1) is 6.10 Å². The number of ether oxygens (including phenoxy) is 1. The van der Waals surface area contributed by atoms with Gasteiger partial charge in [0.15, 0.2) is 0 Å². The third-order valence-corrected chi connectivity index (χ3v) is 3.40. The van der Waals surface area contributed by atoms with Gasteiger partial charge >= 0.3 is 0 Å². The Hall–Kier alpha value is -0.900. The highest BCUT2D eigenvalue weighted by Gasteiger charge is 2.11. The summed E-state index contributed by atoms with van der Waals surface area (Å²) in [5, 5.41) is 10.0. The second-order valence-corrected chi connectivity index (χ2v) is 5.51. The molecule has 20 heavy (non-hydrogen) atoms. The van der Waals surface area contributed by atoms with Gasteiger partial charge in [0.1, 0.15) is 0 Å². The van der Waals surface area contributed by atoms with Gasteiger partial charge in [-0.2, -0.15) is 0 Å². The molecule has 1 N–H and O–H groups in total. The van der Waals surface area contributed by atoms with Gasteiger partial charge in [0, 0.05) is 33.4 Å². The highest BCUT2D eigenvalue weighted by atomic mass is 16.5. The zero-order valence-corrected chi connectivity index (χ0v) is 13.1. The largest absolute Gasteiger partial charge is 0.392 e. The van der Waals surface area contributed by atoms with E-state index in [1.165, 1.54) is 11.1 Å². The van der Waals surface area contributed by atoms with Crippen LogP contribution in [0.25, 0.3) is 0 Å². The Labute approximate surface area is 123 Å². The van der Waals surface area contributed by atoms with Crippen LogP contribution in [0.2, 0.25) is 0 Å². The highest BCUT2D eigenvalue weighted by molar-refractivity contribution is 5.22. The maximum Gasteiger partial charge on any atom is 0.0667 e. The van der Waals surface area contributed by atoms with Gasteiger partial charge in [-0.25, -0.2) is 0 Å². The summed E-state index contributed by atoms with van der Waals surface area (Å²) in [6.07, 6.45) is 2.67. The minimum absolute atomic E-state index is 0.229. The van der Waals surface area contributed by atoms with Crippen LogP contribution in [0, 0.1) is 6.92 Å². The predicted molar refractivity (Wildman–Crippen MR) is 83.9 cm³/mol. The second kappa shape index (κ2) is 9.92. The molecule has 0 bridgehead atoms. The van der Waals surface area contributed by atoms with E-state index in [0.717, 1.165) is 45.5 Å². The van der Waals surface area contributed by atoms with E-state index in [2.05, 4.69) is 43.0 Å². The van der Waals surface area contributed by atoms with E-state index in [-0.39, 0.29) is 6.10 Å². The molecule has 0 aliphatic rings. The third-order valence-electron chi connectivity index (χ3n) is 3.40. The van der Waals surface area contributed by atoms with E-state index in [0.29, 0.717) is 0 Å². The van der Waals surface area contributed by atoms with E-state index in [1.807, 2.05) is 0 Å². The van der Waals surface area contributed by atoms with Crippen molar-refractivity contribution in [2.75, 3.05) is 26.8 Å². The van der Waals surface area contributed by atoms with Gasteiger partial charge in [-0.15, -0.1) is 0 Å². The average molecular weight is 279 g/mol. The Morgan fingerprint density at radius 3 is 2.80 bits per heavy atom. The van der Waals surface area contributed by atoms with Crippen molar-refractivity contribution < 1.29 is 9.84 Å². The smallest absolute Gasteiger partial charge is 0.0667 e. The molecule has 0 heterocycles. The SMILES string of the molecule is CCCC(O)CN(CCCOC)Cc1cccc(C)c1. The third kappa shape index (κ3) is 7.04. The molecule has 0 radical (unpaired) electrons. The Bertz CT molecular complexity index is 368. The summed E-state index contributed by atoms with van der Waals surface area (Å²) in [4.78, 5) is 2.33. The van der Waals surface area contributed by atoms with Crippen molar-refractivity contribution in [3.63, 3.8) is 0 Å². The van der Waals surface area contributed by atoms with Crippen molar-refractivity contribution in [3.8, 4) is 0 Å². The van der Waals surface area contributed by atoms with Gasteiger partial charge < -0.3 is 9.84 Å². The molecule has 3 nitrogen and oxygen atoms in total. The standard InChI is InChI=1S/C17H29NO2/c1-4-7-17(19)14-18(10-6-11-20-3)13-16-9-5-8-15(2)12-16/h5,8-9,12,17,19H,4,6-7,10-11,13-14H2,1-3H3. The zero-order valence-electron chi connectivity index (χ0n) is 13.1. The molecular formula is C17H29NO2. The molecule has 0 fully saturated rings. The fraction of sp³-hybridized carbons (Fsp3) is 0.647. The lowest BCUT2D eigenvalue weighted by Gasteiger charge is -2.25. The number of nitrogens with zero attached hydrogens (tertiary/aromatic N) is 1. The molecule has 0 aliphatic heterocycles. The van der Waals surface area contributed by atoms with Crippen molar-refractivity contribution >= 4 is 0 Å². The van der Waals surface area contributed by atoms with Crippen LogP contribution in [0.3, 0.4) is 0 Å². The van der Waals surface area contributed by atoms with Crippen molar-refractivity contribution in [2.45, 2.75) is 45.8 Å². The summed E-state index contributed by atoms with van der Waals surface area (Å²) in [6.45, 7) is 7.60. The lowest BCUT2D eigenvalue weighted by molar-refractivity contribution is 0.0930. The molecule has 1 rings (SSSR count). The lowest BCUT2D eigenvalue weighted by Crippen LogP contribution is -2.33. The first-order valence-electron chi connectivity index (χ1n) is 7.60. The average Bonchev–Trinajstić information content (AvgIpc) is 2.39. The fourth-order valence-electron chi connectivity index (χ4n) is 2.46. The van der Waals surface area contributed by atoms with Crippen LogP contribution in [-0.4, -0.2) is 42.9 Å². The van der Waals surface area contributed by atoms with Gasteiger partial charge in [-0.3, -0.25) is 4.90 Å². The number of benzene rings is 1. The molecule has 0 aliphatic carbocycles. The molecule has 0 aromatic heterocycles. The summed E-state index contributed by atoms with van der Waals surface area (Å²) in [6, 6.07) is 8.59. The topological polar surface area (TPSA) is 32.7 Å². The van der Waals surface area contributed by atoms with Gasteiger partial charge in [0.25, 0.3) is 0 Å². The minimum Gasteiger partial charge on any atom is -0.392 e. The number of aliphatic hydroxyl groups excluding tert-OH is 1. The monoisotopic (exact) mass is 279 g/mol. The summed E-state index contributed by atoms with van der Waals surface area (Å²) in [5.74, 6) is 0. The van der Waals surface area contributed by atoms with Crippen LogP contribution in [-0.2, 0) is 11.3 Å². The Morgan fingerprint density at radius 2 is 2.15 bits per heavy atom. The molecule has 3 heteroatoms. The number of methoxy groups -OCH3 is 1. The van der Waals surface area contributed by atoms with Gasteiger partial charge in [-0.05, 0) is 25.3 Å². The normalized spacial score (nSPS) is 12.8. The van der Waals surface area contributed by atoms with E-state index in [1.54, 1.807) is 7.11 Å². The molecule has 0 amide bonds. The van der Waals surface area contributed by atoms with Gasteiger partial charge in [0.2, 0.25) is 0 Å². The number of aryl methyl sites for hydroxylation is 1. The Morgan fingerprint density at radius 1 is 1.35 bits per heavy atom. The summed E-state index contributed by atoms with van der Waals surface area (Å²) in [5.41, 5.74) is 2.60.